The van der Waals surface area contributed by atoms with Crippen molar-refractivity contribution in [2.24, 2.45) is 0 Å². The van der Waals surface area contributed by atoms with Gasteiger partial charge < -0.3 is 9.29 Å². The number of ether oxygens (including phenoxy) is 1. The van der Waals surface area contributed by atoms with Gasteiger partial charge >= 0.3 is 5.97 Å². The molecule has 0 aromatic heterocycles. The first-order valence-corrected chi connectivity index (χ1v) is 9.06. The molecule has 0 radical (unpaired) electrons. The molecule has 0 N–H and O–H groups in total. The molecule has 1 aromatic rings. The normalized spacial score (nSPS) is 11.2. The van der Waals surface area contributed by atoms with Crippen molar-refractivity contribution in [1.82, 2.24) is 0 Å². The summed E-state index contributed by atoms with van der Waals surface area (Å²) in [4.78, 5) is 10.6. The van der Waals surface area contributed by atoms with E-state index in [-0.39, 0.29) is 10.9 Å². The van der Waals surface area contributed by atoms with Crippen LogP contribution in [0.25, 0.3) is 0 Å². The standard InChI is InChI=1S/C10H20NO2.C7H8O3S/c1-5-7-8-11(3,4)9-13-10(12)6-2;1-6-2-4-7(5-3-6)11(8,9)10/h6H,2,5,7-9H2,1,3-4H3;2-5H,1H3,(H,8,9,10)/q+1;/p-1. The highest BCUT2D eigenvalue weighted by atomic mass is 32.2. The molecule has 0 saturated carbocycles. The maximum atomic E-state index is 10.8. The Kier molecular flexibility index (Phi) is 9.50. The molecule has 0 bridgehead atoms. The molecule has 0 spiro atoms. The molecule has 0 unspecified atom stereocenters. The highest BCUT2D eigenvalue weighted by molar-refractivity contribution is 7.85. The molecule has 7 heteroatoms. The summed E-state index contributed by atoms with van der Waals surface area (Å²) in [5.74, 6) is -0.345. The van der Waals surface area contributed by atoms with E-state index in [0.29, 0.717) is 11.2 Å². The van der Waals surface area contributed by atoms with Gasteiger partial charge in [0.15, 0.2) is 0 Å². The second-order valence-electron chi connectivity index (χ2n) is 6.08. The van der Waals surface area contributed by atoms with Crippen LogP contribution in [-0.2, 0) is 19.6 Å². The SMILES string of the molecule is C=CC(=O)OC[N+](C)(C)CCCC.Cc1ccc(S(=O)(=O)[O-])cc1. The van der Waals surface area contributed by atoms with Crippen LogP contribution < -0.4 is 0 Å². The van der Waals surface area contributed by atoms with E-state index in [4.69, 9.17) is 4.74 Å². The minimum absolute atomic E-state index is 0.178. The van der Waals surface area contributed by atoms with E-state index in [2.05, 4.69) is 13.5 Å². The van der Waals surface area contributed by atoms with Crippen LogP contribution in [0.15, 0.2) is 41.8 Å². The molecular formula is C17H27NO5S. The zero-order chi connectivity index (χ0) is 18.8. The molecule has 0 aliphatic rings. The molecule has 0 heterocycles. The largest absolute Gasteiger partial charge is 0.744 e. The minimum Gasteiger partial charge on any atom is -0.744 e. The van der Waals surface area contributed by atoms with Crippen molar-refractivity contribution < 1.29 is 27.0 Å². The summed E-state index contributed by atoms with van der Waals surface area (Å²) in [6, 6.07) is 5.78. The van der Waals surface area contributed by atoms with Crippen LogP contribution in [0.2, 0.25) is 0 Å². The number of hydrogen-bond donors (Lipinski definition) is 0. The quantitative estimate of drug-likeness (QED) is 0.246. The third kappa shape index (κ3) is 10.1. The van der Waals surface area contributed by atoms with Gasteiger partial charge in [0, 0.05) is 6.08 Å². The highest BCUT2D eigenvalue weighted by Crippen LogP contribution is 2.08. The Morgan fingerprint density at radius 1 is 1.29 bits per heavy atom. The lowest BCUT2D eigenvalue weighted by molar-refractivity contribution is -0.907. The summed E-state index contributed by atoms with van der Waals surface area (Å²) >= 11 is 0. The molecule has 0 saturated heterocycles. The second kappa shape index (κ2) is 10.2. The van der Waals surface area contributed by atoms with Crippen LogP contribution in [0.1, 0.15) is 25.3 Å². The fourth-order valence-corrected chi connectivity index (χ4v) is 2.12. The molecule has 1 rings (SSSR count). The molecule has 0 amide bonds. The number of carbonyl (C=O) groups is 1. The highest BCUT2D eigenvalue weighted by Gasteiger charge is 2.15. The van der Waals surface area contributed by atoms with Gasteiger partial charge in [-0.25, -0.2) is 13.2 Å². The first-order valence-electron chi connectivity index (χ1n) is 7.65. The van der Waals surface area contributed by atoms with E-state index >= 15 is 0 Å². The number of nitrogens with zero attached hydrogens (tertiary/aromatic N) is 1. The summed E-state index contributed by atoms with van der Waals surface area (Å²) in [6.45, 7) is 8.76. The van der Waals surface area contributed by atoms with Gasteiger partial charge in [0.05, 0.1) is 25.5 Å². The molecule has 1 aromatic carbocycles. The lowest BCUT2D eigenvalue weighted by atomic mass is 10.2. The monoisotopic (exact) mass is 357 g/mol. The number of unbranched alkanes of at least 4 members (excludes halogenated alkanes) is 1. The number of hydrogen-bond acceptors (Lipinski definition) is 5. The van der Waals surface area contributed by atoms with Crippen molar-refractivity contribution in [3.8, 4) is 0 Å². The first kappa shape index (κ1) is 22.3. The van der Waals surface area contributed by atoms with Crippen molar-refractivity contribution in [3.63, 3.8) is 0 Å². The molecule has 6 nitrogen and oxygen atoms in total. The van der Waals surface area contributed by atoms with E-state index in [1.165, 1.54) is 18.2 Å². The van der Waals surface area contributed by atoms with Gasteiger partial charge in [0.2, 0.25) is 6.73 Å². The predicted molar refractivity (Wildman–Crippen MR) is 92.2 cm³/mol. The van der Waals surface area contributed by atoms with Crippen molar-refractivity contribution in [2.45, 2.75) is 31.6 Å². The third-order valence-corrected chi connectivity index (χ3v) is 4.00. The average Bonchev–Trinajstić information content (AvgIpc) is 2.51. The minimum atomic E-state index is -4.27. The van der Waals surface area contributed by atoms with Gasteiger partial charge in [0.1, 0.15) is 10.1 Å². The number of carbonyl (C=O) groups excluding carboxylic acids is 1. The number of benzene rings is 1. The summed E-state index contributed by atoms with van der Waals surface area (Å²) in [6.07, 6.45) is 3.51. The Hall–Kier alpha value is -1.70. The van der Waals surface area contributed by atoms with Gasteiger partial charge in [-0.3, -0.25) is 4.48 Å². The van der Waals surface area contributed by atoms with Crippen molar-refractivity contribution >= 4 is 16.1 Å². The van der Waals surface area contributed by atoms with E-state index in [9.17, 15) is 17.8 Å². The zero-order valence-corrected chi connectivity index (χ0v) is 15.6. The molecule has 0 aliphatic carbocycles. The number of rotatable bonds is 7. The van der Waals surface area contributed by atoms with Crippen molar-refractivity contribution in [2.75, 3.05) is 27.4 Å². The van der Waals surface area contributed by atoms with E-state index in [1.807, 2.05) is 21.0 Å². The summed E-state index contributed by atoms with van der Waals surface area (Å²) in [5, 5.41) is 0. The molecular weight excluding hydrogens is 330 g/mol. The lowest BCUT2D eigenvalue weighted by Gasteiger charge is -2.28. The zero-order valence-electron chi connectivity index (χ0n) is 14.8. The fraction of sp³-hybridized carbons (Fsp3) is 0.471. The van der Waals surface area contributed by atoms with E-state index in [1.54, 1.807) is 12.1 Å². The van der Waals surface area contributed by atoms with Crippen LogP contribution in [0.4, 0.5) is 0 Å². The van der Waals surface area contributed by atoms with Crippen molar-refractivity contribution in [3.05, 3.63) is 42.5 Å². The lowest BCUT2D eigenvalue weighted by Crippen LogP contribution is -2.42. The smallest absolute Gasteiger partial charge is 0.334 e. The average molecular weight is 357 g/mol. The first-order chi connectivity index (χ1) is 11.0. The van der Waals surface area contributed by atoms with E-state index in [0.717, 1.165) is 24.9 Å². The Bertz CT molecular complexity index is 621. The van der Waals surface area contributed by atoms with Crippen LogP contribution in [0.5, 0.6) is 0 Å². The third-order valence-electron chi connectivity index (χ3n) is 3.15. The Morgan fingerprint density at radius 2 is 1.83 bits per heavy atom. The van der Waals surface area contributed by atoms with Gasteiger partial charge in [-0.2, -0.15) is 0 Å². The Morgan fingerprint density at radius 3 is 2.25 bits per heavy atom. The summed E-state index contributed by atoms with van der Waals surface area (Å²) in [5.41, 5.74) is 0.928. The maximum Gasteiger partial charge on any atom is 0.334 e. The van der Waals surface area contributed by atoms with Gasteiger partial charge in [-0.05, 0) is 25.5 Å². The summed E-state index contributed by atoms with van der Waals surface area (Å²) in [7, 11) is -0.174. The molecule has 0 aliphatic heterocycles. The molecule has 24 heavy (non-hydrogen) atoms. The fourth-order valence-electron chi connectivity index (χ4n) is 1.65. The topological polar surface area (TPSA) is 83.5 Å². The molecule has 136 valence electrons. The number of esters is 1. The van der Waals surface area contributed by atoms with Gasteiger partial charge in [-0.1, -0.05) is 37.6 Å². The summed E-state index contributed by atoms with van der Waals surface area (Å²) < 4.78 is 36.8. The Labute approximate surface area is 145 Å². The maximum absolute atomic E-state index is 10.8. The van der Waals surface area contributed by atoms with Crippen molar-refractivity contribution in [1.29, 1.82) is 0 Å². The van der Waals surface area contributed by atoms with Crippen LogP contribution >= 0.6 is 0 Å². The predicted octanol–water partition coefficient (Wildman–Crippen LogP) is 2.45. The molecule has 0 atom stereocenters. The second-order valence-corrected chi connectivity index (χ2v) is 7.46. The van der Waals surface area contributed by atoms with Gasteiger partial charge in [0.25, 0.3) is 0 Å². The van der Waals surface area contributed by atoms with Gasteiger partial charge in [-0.15, -0.1) is 0 Å². The van der Waals surface area contributed by atoms with Crippen LogP contribution in [-0.4, -0.2) is 50.8 Å². The molecule has 0 fully saturated rings. The van der Waals surface area contributed by atoms with E-state index < -0.39 is 10.1 Å². The van der Waals surface area contributed by atoms with Crippen LogP contribution in [0.3, 0.4) is 0 Å². The Balaban J connectivity index is 0.000000446. The number of quaternary nitrogens is 1. The number of aryl methyl sites for hydroxylation is 1. The van der Waals surface area contributed by atoms with Crippen LogP contribution in [0, 0.1) is 6.92 Å².